The lowest BCUT2D eigenvalue weighted by Crippen LogP contribution is -2.43. The van der Waals surface area contributed by atoms with Crippen LogP contribution >= 0.6 is 0 Å². The van der Waals surface area contributed by atoms with Crippen LogP contribution in [0.25, 0.3) is 10.9 Å². The molecule has 2 aromatic rings. The van der Waals surface area contributed by atoms with Gasteiger partial charge in [-0.15, -0.1) is 0 Å². The van der Waals surface area contributed by atoms with Gasteiger partial charge in [0.1, 0.15) is 0 Å². The molecule has 4 heteroatoms. The SMILES string of the molecule is CCn1c(CN2CCNCC2)cc2cccc(CN)c21. The molecule has 0 unspecified atom stereocenters. The van der Waals surface area contributed by atoms with Gasteiger partial charge in [-0.2, -0.15) is 0 Å². The number of fused-ring (bicyclic) bond motifs is 1. The Labute approximate surface area is 120 Å². The Kier molecular flexibility index (Phi) is 4.05. The Morgan fingerprint density at radius 3 is 2.75 bits per heavy atom. The number of aromatic nitrogens is 1. The van der Waals surface area contributed by atoms with Gasteiger partial charge in [-0.1, -0.05) is 18.2 Å². The highest BCUT2D eigenvalue weighted by molar-refractivity contribution is 5.84. The first-order valence-corrected chi connectivity index (χ1v) is 7.56. The zero-order valence-corrected chi connectivity index (χ0v) is 12.2. The van der Waals surface area contributed by atoms with E-state index in [0.717, 1.165) is 39.3 Å². The lowest BCUT2D eigenvalue weighted by Gasteiger charge is -2.27. The molecule has 4 nitrogen and oxygen atoms in total. The van der Waals surface area contributed by atoms with Crippen molar-refractivity contribution in [1.29, 1.82) is 0 Å². The fourth-order valence-corrected chi connectivity index (χ4v) is 3.21. The maximum atomic E-state index is 5.90. The van der Waals surface area contributed by atoms with Crippen molar-refractivity contribution >= 4 is 10.9 Å². The number of benzene rings is 1. The van der Waals surface area contributed by atoms with Gasteiger partial charge >= 0.3 is 0 Å². The van der Waals surface area contributed by atoms with E-state index in [1.54, 1.807) is 0 Å². The molecule has 108 valence electrons. The standard InChI is InChI=1S/C16H24N4/c1-2-20-15(12-19-8-6-18-7-9-19)10-13-4-3-5-14(11-17)16(13)20/h3-5,10,18H,2,6-9,11-12,17H2,1H3. The third-order valence-electron chi connectivity index (χ3n) is 4.22. The zero-order valence-electron chi connectivity index (χ0n) is 12.2. The summed E-state index contributed by atoms with van der Waals surface area (Å²) >= 11 is 0. The maximum absolute atomic E-state index is 5.90. The van der Waals surface area contributed by atoms with Crippen molar-refractivity contribution < 1.29 is 0 Å². The summed E-state index contributed by atoms with van der Waals surface area (Å²) in [5, 5.41) is 4.73. The normalized spacial score (nSPS) is 16.9. The van der Waals surface area contributed by atoms with Crippen LogP contribution in [0.2, 0.25) is 0 Å². The molecule has 3 rings (SSSR count). The van der Waals surface area contributed by atoms with Gasteiger partial charge in [-0.3, -0.25) is 4.90 Å². The fraction of sp³-hybridized carbons (Fsp3) is 0.500. The van der Waals surface area contributed by atoms with Crippen LogP contribution in [-0.2, 0) is 19.6 Å². The van der Waals surface area contributed by atoms with Gasteiger partial charge in [0.25, 0.3) is 0 Å². The second-order valence-electron chi connectivity index (χ2n) is 5.47. The highest BCUT2D eigenvalue weighted by Gasteiger charge is 2.15. The minimum absolute atomic E-state index is 0.606. The number of hydrogen-bond donors (Lipinski definition) is 2. The Morgan fingerprint density at radius 1 is 1.25 bits per heavy atom. The summed E-state index contributed by atoms with van der Waals surface area (Å²) in [5.41, 5.74) is 9.88. The molecule has 0 amide bonds. The number of rotatable bonds is 4. The lowest BCUT2D eigenvalue weighted by molar-refractivity contribution is 0.228. The molecule has 1 fully saturated rings. The van der Waals surface area contributed by atoms with Gasteiger partial charge in [-0.05, 0) is 18.6 Å². The molecule has 0 saturated carbocycles. The van der Waals surface area contributed by atoms with Crippen LogP contribution in [0.4, 0.5) is 0 Å². The predicted molar refractivity (Wildman–Crippen MR) is 83.7 cm³/mol. The Hall–Kier alpha value is -1.36. The van der Waals surface area contributed by atoms with Crippen LogP contribution < -0.4 is 11.1 Å². The van der Waals surface area contributed by atoms with Crippen molar-refractivity contribution in [3.63, 3.8) is 0 Å². The third kappa shape index (κ3) is 2.46. The molecular weight excluding hydrogens is 248 g/mol. The monoisotopic (exact) mass is 272 g/mol. The second kappa shape index (κ2) is 5.95. The molecule has 1 saturated heterocycles. The summed E-state index contributed by atoms with van der Waals surface area (Å²) in [6.45, 7) is 9.32. The van der Waals surface area contributed by atoms with E-state index in [0.29, 0.717) is 6.54 Å². The van der Waals surface area contributed by atoms with E-state index in [1.807, 2.05) is 0 Å². The van der Waals surface area contributed by atoms with Crippen LogP contribution in [0.3, 0.4) is 0 Å². The summed E-state index contributed by atoms with van der Waals surface area (Å²) in [4.78, 5) is 2.53. The number of para-hydroxylation sites is 1. The van der Waals surface area contributed by atoms with Crippen LogP contribution in [-0.4, -0.2) is 35.6 Å². The van der Waals surface area contributed by atoms with Gasteiger partial charge in [0.2, 0.25) is 0 Å². The van der Waals surface area contributed by atoms with Crippen LogP contribution in [0.5, 0.6) is 0 Å². The van der Waals surface area contributed by atoms with E-state index in [2.05, 4.69) is 46.0 Å². The second-order valence-corrected chi connectivity index (χ2v) is 5.47. The fourth-order valence-electron chi connectivity index (χ4n) is 3.21. The Bertz CT molecular complexity index is 581. The molecule has 1 aliphatic heterocycles. The van der Waals surface area contributed by atoms with Crippen molar-refractivity contribution in [2.75, 3.05) is 26.2 Å². The summed E-state index contributed by atoms with van der Waals surface area (Å²) in [6, 6.07) is 8.78. The minimum Gasteiger partial charge on any atom is -0.343 e. The van der Waals surface area contributed by atoms with Gasteiger partial charge in [-0.25, -0.2) is 0 Å². The van der Waals surface area contributed by atoms with E-state index in [9.17, 15) is 0 Å². The molecular formula is C16H24N4. The lowest BCUT2D eigenvalue weighted by atomic mass is 10.1. The van der Waals surface area contributed by atoms with Crippen molar-refractivity contribution in [2.24, 2.45) is 5.73 Å². The number of nitrogens with one attached hydrogen (secondary N) is 1. The number of hydrogen-bond acceptors (Lipinski definition) is 3. The summed E-state index contributed by atoms with van der Waals surface area (Å²) in [6.07, 6.45) is 0. The van der Waals surface area contributed by atoms with E-state index in [-0.39, 0.29) is 0 Å². The van der Waals surface area contributed by atoms with Crippen LogP contribution in [0.15, 0.2) is 24.3 Å². The summed E-state index contributed by atoms with van der Waals surface area (Å²) < 4.78 is 2.43. The average molecular weight is 272 g/mol. The van der Waals surface area contributed by atoms with Crippen molar-refractivity contribution in [3.8, 4) is 0 Å². The number of piperazine rings is 1. The van der Waals surface area contributed by atoms with E-state index in [4.69, 9.17) is 5.73 Å². The van der Waals surface area contributed by atoms with Gasteiger partial charge in [0.15, 0.2) is 0 Å². The van der Waals surface area contributed by atoms with E-state index in [1.165, 1.54) is 22.2 Å². The molecule has 1 aromatic heterocycles. The molecule has 1 aliphatic rings. The highest BCUT2D eigenvalue weighted by Crippen LogP contribution is 2.24. The highest BCUT2D eigenvalue weighted by atomic mass is 15.2. The topological polar surface area (TPSA) is 46.2 Å². The molecule has 0 bridgehead atoms. The Balaban J connectivity index is 1.97. The Morgan fingerprint density at radius 2 is 2.05 bits per heavy atom. The van der Waals surface area contributed by atoms with E-state index >= 15 is 0 Å². The molecule has 0 radical (unpaired) electrons. The zero-order chi connectivity index (χ0) is 13.9. The van der Waals surface area contributed by atoms with Crippen molar-refractivity contribution in [3.05, 3.63) is 35.5 Å². The van der Waals surface area contributed by atoms with Crippen LogP contribution in [0, 0.1) is 0 Å². The quantitative estimate of drug-likeness (QED) is 0.887. The van der Waals surface area contributed by atoms with E-state index < -0.39 is 0 Å². The van der Waals surface area contributed by atoms with Crippen molar-refractivity contribution in [1.82, 2.24) is 14.8 Å². The largest absolute Gasteiger partial charge is 0.343 e. The number of nitrogens with zero attached hydrogens (tertiary/aromatic N) is 2. The average Bonchev–Trinajstić information content (AvgIpc) is 2.85. The molecule has 0 spiro atoms. The molecule has 1 aromatic carbocycles. The maximum Gasteiger partial charge on any atom is 0.0528 e. The first kappa shape index (κ1) is 13.6. The molecule has 2 heterocycles. The minimum atomic E-state index is 0.606. The molecule has 0 aliphatic carbocycles. The van der Waals surface area contributed by atoms with Gasteiger partial charge in [0.05, 0.1) is 5.52 Å². The summed E-state index contributed by atoms with van der Waals surface area (Å²) in [7, 11) is 0. The predicted octanol–water partition coefficient (Wildman–Crippen LogP) is 1.53. The number of aryl methyl sites for hydroxylation is 1. The smallest absolute Gasteiger partial charge is 0.0528 e. The summed E-state index contributed by atoms with van der Waals surface area (Å²) in [5.74, 6) is 0. The van der Waals surface area contributed by atoms with Gasteiger partial charge in [0, 0.05) is 56.9 Å². The molecule has 20 heavy (non-hydrogen) atoms. The molecule has 3 N–H and O–H groups in total. The van der Waals surface area contributed by atoms with Crippen LogP contribution in [0.1, 0.15) is 18.2 Å². The number of nitrogens with two attached hydrogens (primary N) is 1. The van der Waals surface area contributed by atoms with Gasteiger partial charge < -0.3 is 15.6 Å². The third-order valence-corrected chi connectivity index (χ3v) is 4.22. The first-order valence-electron chi connectivity index (χ1n) is 7.56. The first-order chi connectivity index (χ1) is 9.83. The molecule has 0 atom stereocenters. The van der Waals surface area contributed by atoms with Crippen molar-refractivity contribution in [2.45, 2.75) is 26.6 Å².